The average molecular weight is 492 g/mol. The van der Waals surface area contributed by atoms with Crippen LogP contribution in [0.15, 0.2) is 24.5 Å². The molecule has 0 aliphatic carbocycles. The van der Waals surface area contributed by atoms with Crippen molar-refractivity contribution in [3.63, 3.8) is 0 Å². The molecule has 0 unspecified atom stereocenters. The van der Waals surface area contributed by atoms with Crippen LogP contribution in [0.3, 0.4) is 0 Å². The number of pyridine rings is 2. The number of anilines is 1. The first-order valence-corrected chi connectivity index (χ1v) is 11.5. The van der Waals surface area contributed by atoms with Crippen molar-refractivity contribution in [1.82, 2.24) is 20.2 Å². The minimum absolute atomic E-state index is 0.281. The molecular weight excluding hydrogens is 466 g/mol. The lowest BCUT2D eigenvalue weighted by Crippen LogP contribution is -2.36. The standard InChI is InChI=1S/C22H26ClN5O4S/c1-6-22(7-2,31-5)12-32-21-28-27-20(33-21)26-19(29)16-10-24-13(3)8-14(16)15-9-18(23)25-11-17(15)30-4/h8-11H,6-7,12H2,1-5H3,(H,26,27,29). The van der Waals surface area contributed by atoms with Gasteiger partial charge >= 0.3 is 0 Å². The number of nitrogens with zero attached hydrogens (tertiary/aromatic N) is 4. The molecule has 1 N–H and O–H groups in total. The summed E-state index contributed by atoms with van der Waals surface area (Å²) < 4.78 is 16.8. The molecule has 0 saturated heterocycles. The summed E-state index contributed by atoms with van der Waals surface area (Å²) in [6.45, 7) is 6.26. The molecular formula is C22H26ClN5O4S. The van der Waals surface area contributed by atoms with E-state index < -0.39 is 5.91 Å². The number of carbonyl (C=O) groups excluding carboxylic acids is 1. The Kier molecular flexibility index (Phi) is 8.17. The minimum Gasteiger partial charge on any atom is -0.494 e. The van der Waals surface area contributed by atoms with Gasteiger partial charge in [-0.2, -0.15) is 0 Å². The predicted molar refractivity (Wildman–Crippen MR) is 127 cm³/mol. The zero-order chi connectivity index (χ0) is 24.0. The van der Waals surface area contributed by atoms with Crippen LogP contribution in [0.5, 0.6) is 10.9 Å². The summed E-state index contributed by atoms with van der Waals surface area (Å²) in [5, 5.41) is 11.7. The number of methoxy groups -OCH3 is 2. The lowest BCUT2D eigenvalue weighted by Gasteiger charge is -2.29. The van der Waals surface area contributed by atoms with Gasteiger partial charge in [-0.3, -0.25) is 15.1 Å². The summed E-state index contributed by atoms with van der Waals surface area (Å²) >= 11 is 7.23. The number of carbonyl (C=O) groups is 1. The smallest absolute Gasteiger partial charge is 0.295 e. The highest BCUT2D eigenvalue weighted by molar-refractivity contribution is 7.17. The van der Waals surface area contributed by atoms with Crippen molar-refractivity contribution in [3.8, 4) is 22.1 Å². The third-order valence-corrected chi connectivity index (χ3v) is 6.39. The molecule has 11 heteroatoms. The Morgan fingerprint density at radius 2 is 1.88 bits per heavy atom. The van der Waals surface area contributed by atoms with Crippen molar-refractivity contribution >= 4 is 34.0 Å². The van der Waals surface area contributed by atoms with Gasteiger partial charge in [0.05, 0.1) is 18.9 Å². The zero-order valence-electron chi connectivity index (χ0n) is 19.1. The van der Waals surface area contributed by atoms with Gasteiger partial charge in [-0.15, -0.1) is 5.10 Å². The van der Waals surface area contributed by atoms with Gasteiger partial charge in [0, 0.05) is 30.1 Å². The minimum atomic E-state index is -0.399. The summed E-state index contributed by atoms with van der Waals surface area (Å²) in [6.07, 6.45) is 4.61. The first-order valence-electron chi connectivity index (χ1n) is 10.3. The number of aryl methyl sites for hydroxylation is 1. The number of halogens is 1. The molecule has 0 atom stereocenters. The number of amides is 1. The van der Waals surface area contributed by atoms with Crippen LogP contribution in [0.2, 0.25) is 5.15 Å². The lowest BCUT2D eigenvalue weighted by molar-refractivity contribution is -0.0497. The molecule has 1 amide bonds. The van der Waals surface area contributed by atoms with E-state index in [-0.39, 0.29) is 10.8 Å². The third kappa shape index (κ3) is 5.76. The first kappa shape index (κ1) is 24.8. The number of aromatic nitrogens is 4. The molecule has 0 spiro atoms. The van der Waals surface area contributed by atoms with E-state index in [9.17, 15) is 4.79 Å². The predicted octanol–water partition coefficient (Wildman–Crippen LogP) is 4.80. The van der Waals surface area contributed by atoms with Crippen LogP contribution in [0.1, 0.15) is 42.7 Å². The number of ether oxygens (including phenoxy) is 3. The van der Waals surface area contributed by atoms with Crippen LogP contribution in [-0.2, 0) is 4.74 Å². The van der Waals surface area contributed by atoms with E-state index in [1.54, 1.807) is 19.2 Å². The van der Waals surface area contributed by atoms with Gasteiger partial charge < -0.3 is 14.2 Å². The van der Waals surface area contributed by atoms with E-state index in [1.165, 1.54) is 19.5 Å². The van der Waals surface area contributed by atoms with E-state index in [0.29, 0.717) is 39.4 Å². The third-order valence-electron chi connectivity index (χ3n) is 5.44. The Balaban J connectivity index is 1.82. The topological polar surface area (TPSA) is 108 Å². The highest BCUT2D eigenvalue weighted by Crippen LogP contribution is 2.34. The summed E-state index contributed by atoms with van der Waals surface area (Å²) in [7, 11) is 3.20. The molecule has 3 rings (SSSR count). The Hall–Kier alpha value is -2.82. The van der Waals surface area contributed by atoms with Crippen molar-refractivity contribution in [1.29, 1.82) is 0 Å². The summed E-state index contributed by atoms with van der Waals surface area (Å²) in [6, 6.07) is 3.43. The largest absolute Gasteiger partial charge is 0.494 e. The SMILES string of the molecule is CCC(CC)(COc1nnc(NC(=O)c2cnc(C)cc2-c2cc(Cl)ncc2OC)s1)OC. The molecule has 3 heterocycles. The molecule has 176 valence electrons. The second-order valence-electron chi connectivity index (χ2n) is 7.29. The van der Waals surface area contributed by atoms with Crippen molar-refractivity contribution in [2.45, 2.75) is 39.2 Å². The monoisotopic (exact) mass is 491 g/mol. The summed E-state index contributed by atoms with van der Waals surface area (Å²) in [5.74, 6) is 0.0858. The normalized spacial score (nSPS) is 11.3. The van der Waals surface area contributed by atoms with Crippen LogP contribution in [-0.4, -0.2) is 52.5 Å². The second-order valence-corrected chi connectivity index (χ2v) is 8.62. The maximum absolute atomic E-state index is 13.1. The van der Waals surface area contributed by atoms with E-state index in [2.05, 4.69) is 25.5 Å². The molecule has 3 aromatic heterocycles. The van der Waals surface area contributed by atoms with E-state index in [0.717, 1.165) is 29.9 Å². The molecule has 3 aromatic rings. The molecule has 0 aromatic carbocycles. The molecule has 0 saturated carbocycles. The molecule has 0 aliphatic rings. The Bertz CT molecular complexity index is 1110. The van der Waals surface area contributed by atoms with Crippen LogP contribution in [0.25, 0.3) is 11.1 Å². The van der Waals surface area contributed by atoms with Crippen molar-refractivity contribution < 1.29 is 19.0 Å². The maximum Gasteiger partial charge on any atom is 0.295 e. The Morgan fingerprint density at radius 3 is 2.55 bits per heavy atom. The van der Waals surface area contributed by atoms with Gasteiger partial charge in [0.25, 0.3) is 11.1 Å². The fourth-order valence-electron chi connectivity index (χ4n) is 3.23. The van der Waals surface area contributed by atoms with Crippen molar-refractivity contribution in [2.24, 2.45) is 0 Å². The number of hydrogen-bond donors (Lipinski definition) is 1. The van der Waals surface area contributed by atoms with E-state index in [4.69, 9.17) is 25.8 Å². The fraction of sp³-hybridized carbons (Fsp3) is 0.409. The zero-order valence-corrected chi connectivity index (χ0v) is 20.7. The lowest BCUT2D eigenvalue weighted by atomic mass is 9.98. The van der Waals surface area contributed by atoms with Crippen LogP contribution >= 0.6 is 22.9 Å². The van der Waals surface area contributed by atoms with Gasteiger partial charge in [0.2, 0.25) is 5.13 Å². The van der Waals surface area contributed by atoms with Crippen LogP contribution in [0.4, 0.5) is 5.13 Å². The molecule has 0 bridgehead atoms. The number of rotatable bonds is 10. The fourth-order valence-corrected chi connectivity index (χ4v) is 3.98. The highest BCUT2D eigenvalue weighted by atomic mass is 35.5. The van der Waals surface area contributed by atoms with Gasteiger partial charge in [-0.05, 0) is 43.2 Å². The molecule has 0 aliphatic heterocycles. The average Bonchev–Trinajstić information content (AvgIpc) is 3.27. The van der Waals surface area contributed by atoms with Crippen LogP contribution in [0, 0.1) is 6.92 Å². The van der Waals surface area contributed by atoms with E-state index >= 15 is 0 Å². The quantitative estimate of drug-likeness (QED) is 0.403. The van der Waals surface area contributed by atoms with Gasteiger partial charge in [0.1, 0.15) is 23.1 Å². The van der Waals surface area contributed by atoms with Gasteiger partial charge in [-0.25, -0.2) is 4.98 Å². The van der Waals surface area contributed by atoms with Gasteiger partial charge in [-0.1, -0.05) is 30.5 Å². The molecule has 0 radical (unpaired) electrons. The molecule has 0 fully saturated rings. The van der Waals surface area contributed by atoms with Crippen molar-refractivity contribution in [2.75, 3.05) is 26.1 Å². The summed E-state index contributed by atoms with van der Waals surface area (Å²) in [4.78, 5) is 21.4. The number of nitrogens with one attached hydrogen (secondary N) is 1. The number of hydrogen-bond acceptors (Lipinski definition) is 9. The maximum atomic E-state index is 13.1. The first-order chi connectivity index (χ1) is 15.8. The Morgan fingerprint density at radius 1 is 1.12 bits per heavy atom. The summed E-state index contributed by atoms with van der Waals surface area (Å²) in [5.41, 5.74) is 1.91. The second kappa shape index (κ2) is 10.9. The van der Waals surface area contributed by atoms with Gasteiger partial charge in [0.15, 0.2) is 0 Å². The molecule has 9 nitrogen and oxygen atoms in total. The van der Waals surface area contributed by atoms with Crippen molar-refractivity contribution in [3.05, 3.63) is 40.9 Å². The van der Waals surface area contributed by atoms with E-state index in [1.807, 2.05) is 20.8 Å². The molecule has 33 heavy (non-hydrogen) atoms. The van der Waals surface area contributed by atoms with Crippen LogP contribution < -0.4 is 14.8 Å². The highest BCUT2D eigenvalue weighted by Gasteiger charge is 2.27. The Labute approximate surface area is 201 Å².